The van der Waals surface area contributed by atoms with Crippen LogP contribution >= 0.6 is 0 Å². The number of carbonyl (C=O) groups excluding carboxylic acids is 1. The van der Waals surface area contributed by atoms with Crippen LogP contribution in [-0.4, -0.2) is 17.6 Å². The Morgan fingerprint density at radius 1 is 1.29 bits per heavy atom. The molecule has 3 nitrogen and oxygen atoms in total. The molecule has 0 fully saturated rings. The number of esters is 1. The molecule has 6 heteroatoms. The van der Waals surface area contributed by atoms with E-state index in [-0.39, 0.29) is 17.7 Å². The lowest BCUT2D eigenvalue weighted by atomic mass is 10.00. The zero-order chi connectivity index (χ0) is 15.5. The summed E-state index contributed by atoms with van der Waals surface area (Å²) in [5.41, 5.74) is 0.00937. The van der Waals surface area contributed by atoms with E-state index in [1.54, 1.807) is 6.92 Å². The molecule has 1 aromatic heterocycles. The molecule has 0 N–H and O–H groups in total. The second-order valence-electron chi connectivity index (χ2n) is 4.22. The predicted octanol–water partition coefficient (Wildman–Crippen LogP) is 3.94. The number of benzene rings is 1. The van der Waals surface area contributed by atoms with E-state index < -0.39 is 17.7 Å². The van der Waals surface area contributed by atoms with Crippen LogP contribution in [0.4, 0.5) is 13.2 Å². The Kier molecular flexibility index (Phi) is 4.26. The highest BCUT2D eigenvalue weighted by molar-refractivity contribution is 5.96. The molecule has 0 radical (unpaired) electrons. The van der Waals surface area contributed by atoms with Crippen LogP contribution in [0, 0.1) is 0 Å². The average Bonchev–Trinajstić information content (AvgIpc) is 2.47. The molecule has 0 aliphatic rings. The van der Waals surface area contributed by atoms with Gasteiger partial charge in [-0.2, -0.15) is 13.2 Å². The number of halogens is 3. The number of aromatic nitrogens is 1. The number of hydrogen-bond donors (Lipinski definition) is 0. The van der Waals surface area contributed by atoms with Crippen molar-refractivity contribution < 1.29 is 22.7 Å². The second kappa shape index (κ2) is 5.95. The number of rotatable bonds is 3. The van der Waals surface area contributed by atoms with Crippen molar-refractivity contribution in [1.29, 1.82) is 0 Å². The second-order valence-corrected chi connectivity index (χ2v) is 4.22. The van der Waals surface area contributed by atoms with E-state index in [0.717, 1.165) is 12.1 Å². The zero-order valence-corrected chi connectivity index (χ0v) is 11.1. The third-order valence-corrected chi connectivity index (χ3v) is 2.82. The molecule has 0 saturated carbocycles. The first-order chi connectivity index (χ1) is 9.93. The van der Waals surface area contributed by atoms with Crippen molar-refractivity contribution in [3.05, 3.63) is 53.9 Å². The molecule has 0 bridgehead atoms. The van der Waals surface area contributed by atoms with Gasteiger partial charge in [0.2, 0.25) is 0 Å². The Bertz CT molecular complexity index is 653. The third-order valence-electron chi connectivity index (χ3n) is 2.82. The molecule has 0 spiro atoms. The molecular formula is C15H12F3NO2. The van der Waals surface area contributed by atoms with Gasteiger partial charge in [-0.05, 0) is 36.2 Å². The summed E-state index contributed by atoms with van der Waals surface area (Å²) < 4.78 is 43.2. The summed E-state index contributed by atoms with van der Waals surface area (Å²) in [4.78, 5) is 15.7. The molecule has 2 rings (SSSR count). The van der Waals surface area contributed by atoms with Gasteiger partial charge in [0, 0.05) is 12.4 Å². The van der Waals surface area contributed by atoms with Crippen molar-refractivity contribution in [2.24, 2.45) is 0 Å². The van der Waals surface area contributed by atoms with E-state index in [4.69, 9.17) is 4.74 Å². The smallest absolute Gasteiger partial charge is 0.416 e. The molecule has 21 heavy (non-hydrogen) atoms. The first-order valence-electron chi connectivity index (χ1n) is 6.22. The van der Waals surface area contributed by atoms with Gasteiger partial charge in [-0.1, -0.05) is 12.1 Å². The van der Waals surface area contributed by atoms with Crippen LogP contribution in [0.5, 0.6) is 0 Å². The summed E-state index contributed by atoms with van der Waals surface area (Å²) in [6, 6.07) is 6.27. The first kappa shape index (κ1) is 15.0. The highest BCUT2D eigenvalue weighted by atomic mass is 19.4. The molecule has 0 aliphatic carbocycles. The monoisotopic (exact) mass is 295 g/mol. The maximum absolute atomic E-state index is 12.8. The number of pyridine rings is 1. The molecule has 0 unspecified atom stereocenters. The number of carbonyl (C=O) groups is 1. The van der Waals surface area contributed by atoms with Crippen molar-refractivity contribution in [2.75, 3.05) is 6.61 Å². The van der Waals surface area contributed by atoms with E-state index in [9.17, 15) is 18.0 Å². The summed E-state index contributed by atoms with van der Waals surface area (Å²) in [7, 11) is 0. The van der Waals surface area contributed by atoms with Gasteiger partial charge < -0.3 is 4.74 Å². The summed E-state index contributed by atoms with van der Waals surface area (Å²) in [6.07, 6.45) is -1.74. The van der Waals surface area contributed by atoms with Gasteiger partial charge in [0.1, 0.15) is 0 Å². The Hall–Kier alpha value is -2.37. The molecule has 110 valence electrons. The normalized spacial score (nSPS) is 11.2. The number of ether oxygens (including phenoxy) is 1. The Labute approximate surface area is 119 Å². The highest BCUT2D eigenvalue weighted by Gasteiger charge is 2.30. The highest BCUT2D eigenvalue weighted by Crippen LogP contribution is 2.33. The lowest BCUT2D eigenvalue weighted by molar-refractivity contribution is -0.137. The Morgan fingerprint density at radius 2 is 2.05 bits per heavy atom. The number of hydrogen-bond acceptors (Lipinski definition) is 3. The van der Waals surface area contributed by atoms with E-state index in [0.29, 0.717) is 5.56 Å². The van der Waals surface area contributed by atoms with Gasteiger partial charge >= 0.3 is 12.1 Å². The summed E-state index contributed by atoms with van der Waals surface area (Å²) in [5, 5.41) is 0. The van der Waals surface area contributed by atoms with E-state index in [1.165, 1.54) is 30.6 Å². The molecule has 2 aromatic rings. The van der Waals surface area contributed by atoms with Crippen molar-refractivity contribution in [3.63, 3.8) is 0 Å². The Balaban J connectivity index is 2.50. The molecule has 0 saturated heterocycles. The minimum Gasteiger partial charge on any atom is -0.462 e. The minimum absolute atomic E-state index is 0.138. The summed E-state index contributed by atoms with van der Waals surface area (Å²) in [5.74, 6) is -0.613. The van der Waals surface area contributed by atoms with Gasteiger partial charge in [-0.3, -0.25) is 4.98 Å². The maximum Gasteiger partial charge on any atom is 0.416 e. The fraction of sp³-hybridized carbons (Fsp3) is 0.200. The van der Waals surface area contributed by atoms with Crippen LogP contribution in [0.1, 0.15) is 22.8 Å². The number of alkyl halides is 3. The third kappa shape index (κ3) is 3.39. The molecule has 1 heterocycles. The largest absolute Gasteiger partial charge is 0.462 e. The molecular weight excluding hydrogens is 283 g/mol. The average molecular weight is 295 g/mol. The van der Waals surface area contributed by atoms with Gasteiger partial charge in [-0.25, -0.2) is 4.79 Å². The molecule has 0 amide bonds. The molecule has 1 aromatic carbocycles. The van der Waals surface area contributed by atoms with Crippen LogP contribution in [0.3, 0.4) is 0 Å². The van der Waals surface area contributed by atoms with Crippen molar-refractivity contribution in [2.45, 2.75) is 13.1 Å². The quantitative estimate of drug-likeness (QED) is 0.805. The fourth-order valence-electron chi connectivity index (χ4n) is 1.88. The minimum atomic E-state index is -4.44. The molecule has 0 atom stereocenters. The van der Waals surface area contributed by atoms with Gasteiger partial charge in [0.25, 0.3) is 0 Å². The van der Waals surface area contributed by atoms with Crippen LogP contribution in [0.2, 0.25) is 0 Å². The number of nitrogens with zero attached hydrogens (tertiary/aromatic N) is 1. The van der Waals surface area contributed by atoms with Crippen molar-refractivity contribution in [1.82, 2.24) is 4.98 Å². The van der Waals surface area contributed by atoms with Crippen molar-refractivity contribution in [3.8, 4) is 11.1 Å². The van der Waals surface area contributed by atoms with Crippen LogP contribution in [-0.2, 0) is 10.9 Å². The standard InChI is InChI=1S/C15H12F3NO2/c1-2-21-14(20)13-9-19-7-6-12(13)10-4-3-5-11(8-10)15(16,17)18/h3-9H,2H2,1H3. The predicted molar refractivity (Wildman–Crippen MR) is 70.6 cm³/mol. The summed E-state index contributed by atoms with van der Waals surface area (Å²) >= 11 is 0. The van der Waals surface area contributed by atoms with E-state index in [1.807, 2.05) is 0 Å². The van der Waals surface area contributed by atoms with Crippen LogP contribution < -0.4 is 0 Å². The topological polar surface area (TPSA) is 39.2 Å². The summed E-state index contributed by atoms with van der Waals surface area (Å²) in [6.45, 7) is 1.83. The zero-order valence-electron chi connectivity index (χ0n) is 11.1. The van der Waals surface area contributed by atoms with Crippen LogP contribution in [0.25, 0.3) is 11.1 Å². The van der Waals surface area contributed by atoms with Gasteiger partial charge in [0.05, 0.1) is 17.7 Å². The lowest BCUT2D eigenvalue weighted by Crippen LogP contribution is -2.08. The fourth-order valence-corrected chi connectivity index (χ4v) is 1.88. The van der Waals surface area contributed by atoms with Gasteiger partial charge in [0.15, 0.2) is 0 Å². The van der Waals surface area contributed by atoms with Gasteiger partial charge in [-0.15, -0.1) is 0 Å². The SMILES string of the molecule is CCOC(=O)c1cnccc1-c1cccc(C(F)(F)F)c1. The first-order valence-corrected chi connectivity index (χ1v) is 6.22. The van der Waals surface area contributed by atoms with Crippen LogP contribution in [0.15, 0.2) is 42.7 Å². The lowest BCUT2D eigenvalue weighted by Gasteiger charge is -2.11. The van der Waals surface area contributed by atoms with Crippen molar-refractivity contribution >= 4 is 5.97 Å². The van der Waals surface area contributed by atoms with E-state index >= 15 is 0 Å². The molecule has 0 aliphatic heterocycles. The van der Waals surface area contributed by atoms with E-state index in [2.05, 4.69) is 4.98 Å². The Morgan fingerprint density at radius 3 is 2.71 bits per heavy atom. The maximum atomic E-state index is 12.8.